The molecule has 0 aliphatic heterocycles. The molecule has 0 fully saturated rings. The Balaban J connectivity index is 4.42. The molecule has 0 aliphatic rings. The predicted molar refractivity (Wildman–Crippen MR) is 261 cm³/mol. The Kier molecular flexibility index (Phi) is 46.9. The van der Waals surface area contributed by atoms with E-state index in [-0.39, 0.29) is 31.1 Å². The normalized spacial score (nSPS) is 12.6. The number of hydrogen-bond acceptors (Lipinski definition) is 6. The van der Waals surface area contributed by atoms with E-state index in [9.17, 15) is 14.4 Å². The van der Waals surface area contributed by atoms with Gasteiger partial charge in [0.15, 0.2) is 6.10 Å². The van der Waals surface area contributed by atoms with E-state index in [1.807, 2.05) is 18.2 Å². The van der Waals surface area contributed by atoms with Crippen molar-refractivity contribution in [3.8, 4) is 0 Å². The number of hydrogen-bond donors (Lipinski definition) is 0. The number of allylic oxidation sites excluding steroid dienone is 12. The van der Waals surface area contributed by atoms with Crippen LogP contribution in [0.3, 0.4) is 0 Å². The molecule has 0 amide bonds. The standard InChI is InChI=1S/C55H94O6/c1-4-7-10-13-16-19-22-25-28-31-33-36-39-42-45-48-54(57)60-51-52(61-55(58)49-46-43-40-37-34-30-27-24-21-18-15-12-9-6-3)50-59-53(56)47-44-41-38-35-32-29-26-23-20-17-14-11-8-5-2/h7,9-10,12-13,16,18-19,21-22,25,28,52H,4-6,8,11,14-15,17,20,23-24,26-27,29-51H2,1-3H3/b10-7-,12-9-,16-13-,21-18-,22-19-,28-25-. The highest BCUT2D eigenvalue weighted by Crippen LogP contribution is 2.15. The lowest BCUT2D eigenvalue weighted by molar-refractivity contribution is -0.167. The van der Waals surface area contributed by atoms with E-state index in [1.165, 1.54) is 96.3 Å². The van der Waals surface area contributed by atoms with E-state index in [0.29, 0.717) is 19.3 Å². The van der Waals surface area contributed by atoms with Crippen LogP contribution in [0.5, 0.6) is 0 Å². The largest absolute Gasteiger partial charge is 0.462 e. The SMILES string of the molecule is CC\C=C/C=C\C=C/C=C\CCCCCCCC(=O)OCC(COC(=O)CCCCCCCCCCCCCCCC)OC(=O)CCCCCCCCC/C=C\C/C=C\CC. The van der Waals surface area contributed by atoms with Gasteiger partial charge >= 0.3 is 17.9 Å². The van der Waals surface area contributed by atoms with Gasteiger partial charge in [-0.25, -0.2) is 0 Å². The van der Waals surface area contributed by atoms with Crippen molar-refractivity contribution in [2.45, 2.75) is 245 Å². The fraction of sp³-hybridized carbons (Fsp3) is 0.727. The van der Waals surface area contributed by atoms with Gasteiger partial charge in [0, 0.05) is 19.3 Å². The number of ether oxygens (including phenoxy) is 3. The fourth-order valence-electron chi connectivity index (χ4n) is 7.02. The smallest absolute Gasteiger partial charge is 0.306 e. The maximum absolute atomic E-state index is 12.8. The molecule has 0 saturated carbocycles. The van der Waals surface area contributed by atoms with E-state index < -0.39 is 6.10 Å². The molecule has 0 spiro atoms. The zero-order valence-electron chi connectivity index (χ0n) is 39.9. The van der Waals surface area contributed by atoms with Gasteiger partial charge in [-0.05, 0) is 64.2 Å². The first-order chi connectivity index (χ1) is 30.0. The maximum atomic E-state index is 12.8. The molecule has 0 heterocycles. The van der Waals surface area contributed by atoms with Crippen LogP contribution in [-0.2, 0) is 28.6 Å². The van der Waals surface area contributed by atoms with Crippen LogP contribution in [0.25, 0.3) is 0 Å². The average Bonchev–Trinajstić information content (AvgIpc) is 3.26. The summed E-state index contributed by atoms with van der Waals surface area (Å²) in [5.74, 6) is -0.915. The Hall–Kier alpha value is -3.15. The summed E-state index contributed by atoms with van der Waals surface area (Å²) in [4.78, 5) is 38.0. The van der Waals surface area contributed by atoms with Crippen LogP contribution < -0.4 is 0 Å². The molecule has 61 heavy (non-hydrogen) atoms. The Morgan fingerprint density at radius 3 is 1.18 bits per heavy atom. The molecule has 0 N–H and O–H groups in total. The van der Waals surface area contributed by atoms with Gasteiger partial charge in [-0.15, -0.1) is 0 Å². The molecule has 0 saturated heterocycles. The first-order valence-corrected chi connectivity index (χ1v) is 25.5. The van der Waals surface area contributed by atoms with Crippen LogP contribution >= 0.6 is 0 Å². The number of carbonyl (C=O) groups excluding carboxylic acids is 3. The Bertz CT molecular complexity index is 1160. The summed E-state index contributed by atoms with van der Waals surface area (Å²) < 4.78 is 16.8. The van der Waals surface area contributed by atoms with Gasteiger partial charge < -0.3 is 14.2 Å². The summed E-state index contributed by atoms with van der Waals surface area (Å²) in [6.45, 7) is 6.37. The van der Waals surface area contributed by atoms with Crippen LogP contribution in [0.1, 0.15) is 239 Å². The first-order valence-electron chi connectivity index (χ1n) is 25.5. The van der Waals surface area contributed by atoms with Crippen molar-refractivity contribution in [1.29, 1.82) is 0 Å². The molecule has 1 atom stereocenters. The lowest BCUT2D eigenvalue weighted by Gasteiger charge is -2.18. The summed E-state index contributed by atoms with van der Waals surface area (Å²) in [6.07, 6.45) is 61.6. The number of esters is 3. The Morgan fingerprint density at radius 2 is 0.721 bits per heavy atom. The highest BCUT2D eigenvalue weighted by Gasteiger charge is 2.19. The molecule has 0 radical (unpaired) electrons. The highest BCUT2D eigenvalue weighted by atomic mass is 16.6. The molecule has 0 rings (SSSR count). The lowest BCUT2D eigenvalue weighted by atomic mass is 10.0. The van der Waals surface area contributed by atoms with Gasteiger partial charge in [0.25, 0.3) is 0 Å². The van der Waals surface area contributed by atoms with Gasteiger partial charge in [-0.1, -0.05) is 229 Å². The van der Waals surface area contributed by atoms with Crippen molar-refractivity contribution < 1.29 is 28.6 Å². The molecule has 6 heteroatoms. The fourth-order valence-corrected chi connectivity index (χ4v) is 7.02. The maximum Gasteiger partial charge on any atom is 0.306 e. The quantitative estimate of drug-likeness (QED) is 0.0200. The van der Waals surface area contributed by atoms with E-state index in [4.69, 9.17) is 14.2 Å². The van der Waals surface area contributed by atoms with Crippen LogP contribution in [0.4, 0.5) is 0 Å². The monoisotopic (exact) mass is 851 g/mol. The topological polar surface area (TPSA) is 78.9 Å². The minimum absolute atomic E-state index is 0.0850. The van der Waals surface area contributed by atoms with Crippen molar-refractivity contribution in [3.05, 3.63) is 72.9 Å². The zero-order valence-corrected chi connectivity index (χ0v) is 39.9. The van der Waals surface area contributed by atoms with Crippen molar-refractivity contribution >= 4 is 17.9 Å². The second-order valence-electron chi connectivity index (χ2n) is 16.8. The zero-order chi connectivity index (χ0) is 44.4. The molecule has 0 aromatic heterocycles. The van der Waals surface area contributed by atoms with Crippen LogP contribution in [0.15, 0.2) is 72.9 Å². The average molecular weight is 851 g/mol. The lowest BCUT2D eigenvalue weighted by Crippen LogP contribution is -2.30. The van der Waals surface area contributed by atoms with E-state index in [1.54, 1.807) is 0 Å². The first kappa shape index (κ1) is 57.9. The summed E-state index contributed by atoms with van der Waals surface area (Å²) in [5, 5.41) is 0. The summed E-state index contributed by atoms with van der Waals surface area (Å²) in [7, 11) is 0. The molecule has 1 unspecified atom stereocenters. The van der Waals surface area contributed by atoms with Gasteiger partial charge in [0.1, 0.15) is 13.2 Å². The number of rotatable bonds is 45. The van der Waals surface area contributed by atoms with Crippen molar-refractivity contribution in [2.75, 3.05) is 13.2 Å². The molecule has 0 aliphatic carbocycles. The van der Waals surface area contributed by atoms with Crippen LogP contribution in [0, 0.1) is 0 Å². The van der Waals surface area contributed by atoms with E-state index in [0.717, 1.165) is 103 Å². The molecule has 0 aromatic rings. The van der Waals surface area contributed by atoms with Gasteiger partial charge in [0.2, 0.25) is 0 Å². The van der Waals surface area contributed by atoms with Crippen molar-refractivity contribution in [1.82, 2.24) is 0 Å². The van der Waals surface area contributed by atoms with Crippen molar-refractivity contribution in [3.63, 3.8) is 0 Å². The summed E-state index contributed by atoms with van der Waals surface area (Å²) in [6, 6.07) is 0. The van der Waals surface area contributed by atoms with Crippen LogP contribution in [-0.4, -0.2) is 37.2 Å². The highest BCUT2D eigenvalue weighted by molar-refractivity contribution is 5.71. The Labute approximate surface area is 376 Å². The molecule has 6 nitrogen and oxygen atoms in total. The second kappa shape index (κ2) is 49.5. The summed E-state index contributed by atoms with van der Waals surface area (Å²) in [5.41, 5.74) is 0. The van der Waals surface area contributed by atoms with Gasteiger partial charge in [-0.2, -0.15) is 0 Å². The van der Waals surface area contributed by atoms with E-state index >= 15 is 0 Å². The molecule has 350 valence electrons. The van der Waals surface area contributed by atoms with Crippen molar-refractivity contribution in [2.24, 2.45) is 0 Å². The van der Waals surface area contributed by atoms with E-state index in [2.05, 4.69) is 75.5 Å². The minimum atomic E-state index is -0.787. The Morgan fingerprint density at radius 1 is 0.361 bits per heavy atom. The third-order valence-corrected chi connectivity index (χ3v) is 10.8. The van der Waals surface area contributed by atoms with Gasteiger partial charge in [0.05, 0.1) is 0 Å². The number of unbranched alkanes of at least 4 members (excludes halogenated alkanes) is 25. The summed E-state index contributed by atoms with van der Waals surface area (Å²) >= 11 is 0. The third-order valence-electron chi connectivity index (χ3n) is 10.8. The minimum Gasteiger partial charge on any atom is -0.462 e. The molecular weight excluding hydrogens is 757 g/mol. The predicted octanol–water partition coefficient (Wildman–Crippen LogP) is 16.6. The molecular formula is C55H94O6. The molecule has 0 bridgehead atoms. The molecule has 0 aromatic carbocycles. The third kappa shape index (κ3) is 47.7. The van der Waals surface area contributed by atoms with Crippen LogP contribution in [0.2, 0.25) is 0 Å². The second-order valence-corrected chi connectivity index (χ2v) is 16.8. The van der Waals surface area contributed by atoms with Gasteiger partial charge in [-0.3, -0.25) is 14.4 Å². The number of carbonyl (C=O) groups is 3.